The highest BCUT2D eigenvalue weighted by Crippen LogP contribution is 2.26. The number of rotatable bonds is 4. The Morgan fingerprint density at radius 2 is 1.88 bits per heavy atom. The summed E-state index contributed by atoms with van der Waals surface area (Å²) in [5.41, 5.74) is 1.24. The minimum Gasteiger partial charge on any atom is -0.386 e. The van der Waals surface area contributed by atoms with Gasteiger partial charge in [0.1, 0.15) is 6.10 Å². The summed E-state index contributed by atoms with van der Waals surface area (Å²) < 4.78 is 24.2. The summed E-state index contributed by atoms with van der Waals surface area (Å²) in [6.45, 7) is 1.59. The molecule has 0 amide bonds. The third-order valence-corrected chi connectivity index (χ3v) is 2.96. The van der Waals surface area contributed by atoms with Crippen LogP contribution < -0.4 is 0 Å². The number of aliphatic hydroxyl groups excluding tert-OH is 1. The molecule has 0 bridgehead atoms. The van der Waals surface area contributed by atoms with Gasteiger partial charge in [-0.15, -0.1) is 0 Å². The largest absolute Gasteiger partial charge is 0.386 e. The number of aliphatic hydroxyl groups is 1. The van der Waals surface area contributed by atoms with Gasteiger partial charge in [0.25, 0.3) is 6.43 Å². The monoisotopic (exact) mass is 227 g/mol. The summed E-state index contributed by atoms with van der Waals surface area (Å²) in [5.74, 6) is 0.422. The average molecular weight is 227 g/mol. The molecule has 2 rings (SSSR count). The number of halogens is 2. The van der Waals surface area contributed by atoms with Crippen LogP contribution in [0.2, 0.25) is 0 Å². The van der Waals surface area contributed by atoms with E-state index in [2.05, 4.69) is 0 Å². The number of alkyl halides is 2. The van der Waals surface area contributed by atoms with E-state index in [-0.39, 0.29) is 6.54 Å². The van der Waals surface area contributed by atoms with Crippen molar-refractivity contribution in [2.45, 2.75) is 18.4 Å². The number of β-amino-alcohol motifs (C(OH)–C–C–N with tert-alkyl or cyclic N) is 1. The van der Waals surface area contributed by atoms with E-state index in [1.54, 1.807) is 0 Å². The van der Waals surface area contributed by atoms with Crippen molar-refractivity contribution in [2.24, 2.45) is 0 Å². The van der Waals surface area contributed by atoms with E-state index in [0.717, 1.165) is 13.1 Å². The third kappa shape index (κ3) is 2.57. The average Bonchev–Trinajstić information content (AvgIpc) is 2.23. The highest BCUT2D eigenvalue weighted by Gasteiger charge is 2.31. The Balaban J connectivity index is 1.78. The third-order valence-electron chi connectivity index (χ3n) is 2.96. The fourth-order valence-electron chi connectivity index (χ4n) is 2.00. The second kappa shape index (κ2) is 4.89. The maximum atomic E-state index is 12.1. The van der Waals surface area contributed by atoms with Crippen LogP contribution in [0.25, 0.3) is 0 Å². The molecule has 0 saturated carbocycles. The molecule has 1 aliphatic heterocycles. The maximum absolute atomic E-state index is 12.1. The minimum absolute atomic E-state index is 0.0704. The fourth-order valence-corrected chi connectivity index (χ4v) is 2.00. The Labute approximate surface area is 93.5 Å². The lowest BCUT2D eigenvalue weighted by molar-refractivity contribution is -0.0363. The molecule has 1 N–H and O–H groups in total. The van der Waals surface area contributed by atoms with Gasteiger partial charge in [-0.3, -0.25) is 4.90 Å². The van der Waals surface area contributed by atoms with Gasteiger partial charge in [0.05, 0.1) is 0 Å². The molecule has 1 heterocycles. The van der Waals surface area contributed by atoms with Gasteiger partial charge in [0, 0.05) is 25.6 Å². The van der Waals surface area contributed by atoms with Gasteiger partial charge in [0.2, 0.25) is 0 Å². The zero-order valence-corrected chi connectivity index (χ0v) is 8.89. The molecule has 88 valence electrons. The maximum Gasteiger partial charge on any atom is 0.265 e. The predicted molar refractivity (Wildman–Crippen MR) is 57.6 cm³/mol. The van der Waals surface area contributed by atoms with Crippen LogP contribution in [0, 0.1) is 0 Å². The van der Waals surface area contributed by atoms with Gasteiger partial charge in [-0.1, -0.05) is 30.3 Å². The van der Waals surface area contributed by atoms with Crippen LogP contribution in [0.1, 0.15) is 11.5 Å². The van der Waals surface area contributed by atoms with E-state index < -0.39 is 12.5 Å². The molecular formula is C12H15F2NO. The van der Waals surface area contributed by atoms with Gasteiger partial charge in [-0.05, 0) is 5.56 Å². The van der Waals surface area contributed by atoms with E-state index >= 15 is 0 Å². The summed E-state index contributed by atoms with van der Waals surface area (Å²) in [7, 11) is 0. The van der Waals surface area contributed by atoms with E-state index in [4.69, 9.17) is 5.11 Å². The first-order chi connectivity index (χ1) is 7.66. The zero-order valence-electron chi connectivity index (χ0n) is 8.89. The number of likely N-dealkylation sites (tertiary alicyclic amines) is 1. The molecule has 0 radical (unpaired) electrons. The lowest BCUT2D eigenvalue weighted by Gasteiger charge is -2.40. The molecule has 1 aromatic carbocycles. The molecule has 0 aromatic heterocycles. The first-order valence-electron chi connectivity index (χ1n) is 5.40. The molecule has 1 saturated heterocycles. The Morgan fingerprint density at radius 1 is 1.25 bits per heavy atom. The molecule has 1 unspecified atom stereocenters. The lowest BCUT2D eigenvalue weighted by atomic mass is 9.91. The quantitative estimate of drug-likeness (QED) is 0.846. The van der Waals surface area contributed by atoms with Crippen molar-refractivity contribution in [1.82, 2.24) is 4.90 Å². The zero-order chi connectivity index (χ0) is 11.5. The molecular weight excluding hydrogens is 212 g/mol. The van der Waals surface area contributed by atoms with Crippen molar-refractivity contribution < 1.29 is 13.9 Å². The first kappa shape index (κ1) is 11.5. The van der Waals surface area contributed by atoms with Crippen LogP contribution in [0.4, 0.5) is 8.78 Å². The predicted octanol–water partition coefficient (Wildman–Crippen LogP) is 1.71. The number of nitrogens with zero attached hydrogens (tertiary/aromatic N) is 1. The van der Waals surface area contributed by atoms with Crippen molar-refractivity contribution in [3.63, 3.8) is 0 Å². The SMILES string of the molecule is OC(CN1CC(c2ccccc2)C1)C(F)F. The Kier molecular flexibility index (Phi) is 3.51. The van der Waals surface area contributed by atoms with Crippen LogP contribution >= 0.6 is 0 Å². The van der Waals surface area contributed by atoms with Crippen molar-refractivity contribution >= 4 is 0 Å². The van der Waals surface area contributed by atoms with Gasteiger partial charge < -0.3 is 5.11 Å². The van der Waals surface area contributed by atoms with Crippen LogP contribution in [-0.4, -0.2) is 42.2 Å². The molecule has 2 nitrogen and oxygen atoms in total. The van der Waals surface area contributed by atoms with Crippen LogP contribution in [-0.2, 0) is 0 Å². The van der Waals surface area contributed by atoms with E-state index in [1.165, 1.54) is 5.56 Å². The lowest BCUT2D eigenvalue weighted by Crippen LogP contribution is -2.49. The molecule has 0 spiro atoms. The van der Waals surface area contributed by atoms with E-state index in [0.29, 0.717) is 5.92 Å². The first-order valence-corrected chi connectivity index (χ1v) is 5.40. The molecule has 1 atom stereocenters. The van der Waals surface area contributed by atoms with Crippen molar-refractivity contribution in [1.29, 1.82) is 0 Å². The smallest absolute Gasteiger partial charge is 0.265 e. The summed E-state index contributed by atoms with van der Waals surface area (Å²) in [5, 5.41) is 9.03. The number of hydrogen-bond acceptors (Lipinski definition) is 2. The summed E-state index contributed by atoms with van der Waals surface area (Å²) in [6.07, 6.45) is -4.16. The summed E-state index contributed by atoms with van der Waals surface area (Å²) in [4.78, 5) is 1.86. The second-order valence-electron chi connectivity index (χ2n) is 4.23. The highest BCUT2D eigenvalue weighted by molar-refractivity contribution is 5.22. The topological polar surface area (TPSA) is 23.5 Å². The van der Waals surface area contributed by atoms with Crippen molar-refractivity contribution in [2.75, 3.05) is 19.6 Å². The van der Waals surface area contributed by atoms with Gasteiger partial charge in [-0.25, -0.2) is 8.78 Å². The van der Waals surface area contributed by atoms with Crippen LogP contribution in [0.5, 0.6) is 0 Å². The molecule has 0 aliphatic carbocycles. The van der Waals surface area contributed by atoms with Crippen LogP contribution in [0.15, 0.2) is 30.3 Å². The standard InChI is InChI=1S/C12H15F2NO/c13-12(14)11(16)8-15-6-10(7-15)9-4-2-1-3-5-9/h1-5,10-12,16H,6-8H2. The molecule has 1 aliphatic rings. The highest BCUT2D eigenvalue weighted by atomic mass is 19.3. The van der Waals surface area contributed by atoms with E-state index in [1.807, 2.05) is 35.2 Å². The van der Waals surface area contributed by atoms with Gasteiger partial charge in [-0.2, -0.15) is 0 Å². The fraction of sp³-hybridized carbons (Fsp3) is 0.500. The van der Waals surface area contributed by atoms with Gasteiger partial charge in [0.15, 0.2) is 0 Å². The molecule has 1 aromatic rings. The van der Waals surface area contributed by atoms with Crippen molar-refractivity contribution in [3.05, 3.63) is 35.9 Å². The Morgan fingerprint density at radius 3 is 2.44 bits per heavy atom. The number of hydrogen-bond donors (Lipinski definition) is 1. The number of benzene rings is 1. The Bertz CT molecular complexity index is 325. The van der Waals surface area contributed by atoms with Gasteiger partial charge >= 0.3 is 0 Å². The van der Waals surface area contributed by atoms with E-state index in [9.17, 15) is 8.78 Å². The van der Waals surface area contributed by atoms with Crippen LogP contribution in [0.3, 0.4) is 0 Å². The molecule has 1 fully saturated rings. The second-order valence-corrected chi connectivity index (χ2v) is 4.23. The molecule has 4 heteroatoms. The Hall–Kier alpha value is -1.00. The minimum atomic E-state index is -2.64. The summed E-state index contributed by atoms with van der Waals surface area (Å²) in [6, 6.07) is 10.0. The summed E-state index contributed by atoms with van der Waals surface area (Å²) >= 11 is 0. The normalized spacial score (nSPS) is 19.8. The van der Waals surface area contributed by atoms with Crippen molar-refractivity contribution in [3.8, 4) is 0 Å². The molecule has 16 heavy (non-hydrogen) atoms.